The lowest BCUT2D eigenvalue weighted by Gasteiger charge is -2.10. The van der Waals surface area contributed by atoms with E-state index < -0.39 is 10.0 Å². The van der Waals surface area contributed by atoms with Gasteiger partial charge in [-0.15, -0.1) is 11.3 Å². The predicted molar refractivity (Wildman–Crippen MR) is 105 cm³/mol. The lowest BCUT2D eigenvalue weighted by Crippen LogP contribution is -2.20. The van der Waals surface area contributed by atoms with Crippen molar-refractivity contribution in [1.29, 1.82) is 0 Å². The highest BCUT2D eigenvalue weighted by atomic mass is 32.2. The van der Waals surface area contributed by atoms with Gasteiger partial charge >= 0.3 is 0 Å². The molecule has 0 unspecified atom stereocenters. The van der Waals surface area contributed by atoms with Crippen LogP contribution in [0.3, 0.4) is 0 Å². The first-order valence-electron chi connectivity index (χ1n) is 7.70. The Morgan fingerprint density at radius 1 is 1.23 bits per heavy atom. The van der Waals surface area contributed by atoms with Crippen molar-refractivity contribution in [1.82, 2.24) is 9.71 Å². The van der Waals surface area contributed by atoms with Crippen LogP contribution in [-0.4, -0.2) is 26.4 Å². The quantitative estimate of drug-likeness (QED) is 0.656. The van der Waals surface area contributed by atoms with E-state index in [1.54, 1.807) is 30.4 Å². The number of anilines is 1. The molecule has 0 saturated carbocycles. The zero-order valence-electron chi connectivity index (χ0n) is 14.1. The van der Waals surface area contributed by atoms with Crippen LogP contribution in [0, 0.1) is 6.92 Å². The minimum atomic E-state index is -3.58. The number of aromatic nitrogens is 1. The van der Waals surface area contributed by atoms with Gasteiger partial charge in [-0.1, -0.05) is 6.07 Å². The maximum Gasteiger partial charge on any atom is 0.240 e. The Morgan fingerprint density at radius 2 is 2.04 bits per heavy atom. The normalized spacial score (nSPS) is 11.5. The van der Waals surface area contributed by atoms with Gasteiger partial charge in [0.25, 0.3) is 0 Å². The summed E-state index contributed by atoms with van der Waals surface area (Å²) in [5.41, 5.74) is 2.77. The fourth-order valence-corrected chi connectivity index (χ4v) is 4.88. The van der Waals surface area contributed by atoms with Crippen molar-refractivity contribution in [3.05, 3.63) is 51.7 Å². The lowest BCUT2D eigenvalue weighted by molar-refractivity contribution is -0.115. The molecule has 0 bridgehead atoms. The second-order valence-corrected chi connectivity index (χ2v) is 9.06. The topological polar surface area (TPSA) is 88.2 Å². The van der Waals surface area contributed by atoms with Gasteiger partial charge in [-0.25, -0.2) is 18.1 Å². The third kappa shape index (κ3) is 4.18. The smallest absolute Gasteiger partial charge is 0.240 e. The van der Waals surface area contributed by atoms with E-state index in [0.717, 1.165) is 10.6 Å². The van der Waals surface area contributed by atoms with Crippen LogP contribution in [-0.2, 0) is 21.2 Å². The molecule has 2 heterocycles. The van der Waals surface area contributed by atoms with E-state index in [1.807, 2.05) is 22.2 Å². The zero-order valence-corrected chi connectivity index (χ0v) is 16.6. The number of carbonyl (C=O) groups excluding carboxylic acids is 1. The largest absolute Gasteiger partial charge is 0.326 e. The Bertz CT molecular complexity index is 1020. The molecule has 0 aliphatic carbocycles. The number of hydrogen-bond donors (Lipinski definition) is 2. The van der Waals surface area contributed by atoms with Crippen LogP contribution in [0.15, 0.2) is 45.3 Å². The Balaban J connectivity index is 1.72. The van der Waals surface area contributed by atoms with Gasteiger partial charge in [0, 0.05) is 22.0 Å². The molecule has 1 amide bonds. The van der Waals surface area contributed by atoms with Crippen molar-refractivity contribution in [3.63, 3.8) is 0 Å². The second kappa shape index (κ2) is 7.67. The molecule has 3 aromatic rings. The van der Waals surface area contributed by atoms with Gasteiger partial charge in [-0.05, 0) is 43.1 Å². The van der Waals surface area contributed by atoms with Crippen LogP contribution in [0.5, 0.6) is 0 Å². The molecule has 1 aromatic carbocycles. The standard InChI is InChI=1S/C17H17N3O3S3/c1-11-3-4-13(7-15(11)26(22,23)18-2)19-16(21)8-14-10-25-17(20-14)12-5-6-24-9-12/h3-7,9-10,18H,8H2,1-2H3,(H,19,21). The van der Waals surface area contributed by atoms with Crippen LogP contribution in [0.4, 0.5) is 5.69 Å². The summed E-state index contributed by atoms with van der Waals surface area (Å²) < 4.78 is 26.4. The maximum atomic E-state index is 12.3. The summed E-state index contributed by atoms with van der Waals surface area (Å²) in [6.07, 6.45) is 0.128. The Morgan fingerprint density at radius 3 is 2.73 bits per heavy atom. The average molecular weight is 408 g/mol. The molecule has 26 heavy (non-hydrogen) atoms. The monoisotopic (exact) mass is 407 g/mol. The summed E-state index contributed by atoms with van der Waals surface area (Å²) in [6.45, 7) is 1.71. The van der Waals surface area contributed by atoms with Crippen LogP contribution in [0.2, 0.25) is 0 Å². The Kier molecular flexibility index (Phi) is 5.52. The number of rotatable bonds is 6. The summed E-state index contributed by atoms with van der Waals surface area (Å²) in [5.74, 6) is -0.246. The number of nitrogens with one attached hydrogen (secondary N) is 2. The van der Waals surface area contributed by atoms with E-state index >= 15 is 0 Å². The molecule has 0 spiro atoms. The van der Waals surface area contributed by atoms with E-state index in [9.17, 15) is 13.2 Å². The predicted octanol–water partition coefficient (Wildman–Crippen LogP) is 3.27. The van der Waals surface area contributed by atoms with Crippen LogP contribution in [0.1, 0.15) is 11.3 Å². The highest BCUT2D eigenvalue weighted by Gasteiger charge is 2.16. The maximum absolute atomic E-state index is 12.3. The van der Waals surface area contributed by atoms with Crippen molar-refractivity contribution in [2.75, 3.05) is 12.4 Å². The molecule has 6 nitrogen and oxygen atoms in total. The molecular formula is C17H17N3O3S3. The molecule has 2 N–H and O–H groups in total. The molecule has 136 valence electrons. The third-order valence-electron chi connectivity index (χ3n) is 3.69. The van der Waals surface area contributed by atoms with Crippen molar-refractivity contribution in [2.45, 2.75) is 18.2 Å². The van der Waals surface area contributed by atoms with Gasteiger partial charge in [0.05, 0.1) is 17.0 Å². The number of thiazole rings is 1. The van der Waals surface area contributed by atoms with Gasteiger partial charge in [0.1, 0.15) is 5.01 Å². The zero-order chi connectivity index (χ0) is 18.7. The molecule has 0 fully saturated rings. The van der Waals surface area contributed by atoms with E-state index in [2.05, 4.69) is 15.0 Å². The number of hydrogen-bond acceptors (Lipinski definition) is 6. The average Bonchev–Trinajstić information content (AvgIpc) is 3.27. The molecule has 0 saturated heterocycles. The highest BCUT2D eigenvalue weighted by Crippen LogP contribution is 2.26. The minimum absolute atomic E-state index is 0.128. The van der Waals surface area contributed by atoms with Crippen molar-refractivity contribution in [3.8, 4) is 10.6 Å². The van der Waals surface area contributed by atoms with E-state index in [4.69, 9.17) is 0 Å². The van der Waals surface area contributed by atoms with Crippen molar-refractivity contribution < 1.29 is 13.2 Å². The number of sulfonamides is 1. The lowest BCUT2D eigenvalue weighted by atomic mass is 10.2. The third-order valence-corrected chi connectivity index (χ3v) is 6.87. The fraction of sp³-hybridized carbons (Fsp3) is 0.176. The molecule has 2 aromatic heterocycles. The molecule has 9 heteroatoms. The van der Waals surface area contributed by atoms with E-state index in [-0.39, 0.29) is 17.2 Å². The molecular weight excluding hydrogens is 390 g/mol. The highest BCUT2D eigenvalue weighted by molar-refractivity contribution is 7.89. The first kappa shape index (κ1) is 18.7. The van der Waals surface area contributed by atoms with Crippen LogP contribution < -0.4 is 10.0 Å². The first-order chi connectivity index (χ1) is 12.4. The Labute approximate surface area is 160 Å². The number of carbonyl (C=O) groups is 1. The second-order valence-electron chi connectivity index (χ2n) is 5.57. The number of benzene rings is 1. The SMILES string of the molecule is CNS(=O)(=O)c1cc(NC(=O)Cc2csc(-c3ccsc3)n2)ccc1C. The van der Waals surface area contributed by atoms with Gasteiger partial charge in [0.15, 0.2) is 0 Å². The van der Waals surface area contributed by atoms with Gasteiger partial charge in [-0.2, -0.15) is 11.3 Å². The number of nitrogens with zero attached hydrogens (tertiary/aromatic N) is 1. The van der Waals surface area contributed by atoms with E-state index in [1.165, 1.54) is 24.5 Å². The minimum Gasteiger partial charge on any atom is -0.326 e. The molecule has 0 aliphatic heterocycles. The van der Waals surface area contributed by atoms with Gasteiger partial charge in [0.2, 0.25) is 15.9 Å². The molecule has 0 atom stereocenters. The van der Waals surface area contributed by atoms with Crippen LogP contribution in [0.25, 0.3) is 10.6 Å². The summed E-state index contributed by atoms with van der Waals surface area (Å²) >= 11 is 3.09. The molecule has 3 rings (SSSR count). The van der Waals surface area contributed by atoms with Crippen LogP contribution >= 0.6 is 22.7 Å². The Hall–Kier alpha value is -2.07. The summed E-state index contributed by atoms with van der Waals surface area (Å²) in [4.78, 5) is 16.9. The summed E-state index contributed by atoms with van der Waals surface area (Å²) in [6, 6.07) is 6.79. The molecule has 0 aliphatic rings. The fourth-order valence-electron chi connectivity index (χ4n) is 2.35. The summed E-state index contributed by atoms with van der Waals surface area (Å²) in [5, 5.41) is 9.47. The number of aryl methyl sites for hydroxylation is 1. The number of thiophene rings is 1. The van der Waals surface area contributed by atoms with Gasteiger partial charge in [-0.3, -0.25) is 4.79 Å². The van der Waals surface area contributed by atoms with Gasteiger partial charge < -0.3 is 5.32 Å². The summed E-state index contributed by atoms with van der Waals surface area (Å²) in [7, 11) is -2.22. The number of amides is 1. The van der Waals surface area contributed by atoms with Crippen molar-refractivity contribution in [2.24, 2.45) is 0 Å². The van der Waals surface area contributed by atoms with E-state index in [0.29, 0.717) is 16.9 Å². The first-order valence-corrected chi connectivity index (χ1v) is 11.0. The van der Waals surface area contributed by atoms with Crippen molar-refractivity contribution >= 4 is 44.3 Å². The molecule has 0 radical (unpaired) electrons.